The average molecular weight is 250 g/mol. The standard InChI is InChI=1S/C12H18N2.2C2H6/c1-4-6-9-10(5-2)12(8-14-12)7-11(9)13-3;2*1-2/h4-6,11,13-14H,2,7-8H2,1,3H3;2*1-2H3/b6-4-;;. The fourth-order valence-corrected chi connectivity index (χ4v) is 2.43. The Morgan fingerprint density at radius 3 is 2.22 bits per heavy atom. The Kier molecular flexibility index (Phi) is 7.88. The van der Waals surface area contributed by atoms with Gasteiger partial charge in [0.05, 0.1) is 5.54 Å². The lowest BCUT2D eigenvalue weighted by molar-refractivity contribution is 0.580. The molecule has 0 amide bonds. The summed E-state index contributed by atoms with van der Waals surface area (Å²) in [6, 6.07) is 0.481. The second kappa shape index (κ2) is 8.28. The molecule has 2 unspecified atom stereocenters. The minimum atomic E-state index is 0.254. The number of hydrogen-bond donors (Lipinski definition) is 2. The second-order valence-electron chi connectivity index (χ2n) is 4.05. The van der Waals surface area contributed by atoms with Crippen LogP contribution in [0.2, 0.25) is 0 Å². The van der Waals surface area contributed by atoms with Gasteiger partial charge in [0, 0.05) is 12.6 Å². The van der Waals surface area contributed by atoms with Gasteiger partial charge in [0.15, 0.2) is 0 Å². The number of rotatable bonds is 3. The second-order valence-corrected chi connectivity index (χ2v) is 4.05. The van der Waals surface area contributed by atoms with Crippen molar-refractivity contribution >= 4 is 0 Å². The normalized spacial score (nSPS) is 28.7. The van der Waals surface area contributed by atoms with Crippen LogP contribution in [0.15, 0.2) is 36.0 Å². The summed E-state index contributed by atoms with van der Waals surface area (Å²) in [6.45, 7) is 15.1. The lowest BCUT2D eigenvalue weighted by atomic mass is 10.0. The Balaban J connectivity index is 0.000000659. The van der Waals surface area contributed by atoms with Crippen LogP contribution < -0.4 is 10.6 Å². The molecule has 0 saturated carbocycles. The van der Waals surface area contributed by atoms with E-state index >= 15 is 0 Å². The van der Waals surface area contributed by atoms with E-state index in [4.69, 9.17) is 0 Å². The van der Waals surface area contributed by atoms with Crippen molar-refractivity contribution in [1.82, 2.24) is 10.6 Å². The molecule has 0 aromatic rings. The van der Waals surface area contributed by atoms with Crippen LogP contribution in [-0.2, 0) is 0 Å². The molecule has 2 atom stereocenters. The average Bonchev–Trinajstić information content (AvgIpc) is 3.14. The predicted molar refractivity (Wildman–Crippen MR) is 82.9 cm³/mol. The van der Waals surface area contributed by atoms with Gasteiger partial charge in [-0.05, 0) is 31.5 Å². The van der Waals surface area contributed by atoms with Crippen LogP contribution in [0, 0.1) is 0 Å². The molecule has 18 heavy (non-hydrogen) atoms. The Morgan fingerprint density at radius 1 is 1.33 bits per heavy atom. The van der Waals surface area contributed by atoms with Gasteiger partial charge in [0.25, 0.3) is 0 Å². The van der Waals surface area contributed by atoms with Crippen molar-refractivity contribution in [3.8, 4) is 0 Å². The third-order valence-corrected chi connectivity index (χ3v) is 3.26. The third-order valence-electron chi connectivity index (χ3n) is 3.26. The van der Waals surface area contributed by atoms with E-state index in [0.717, 1.165) is 13.0 Å². The number of likely N-dealkylation sites (N-methyl/N-ethyl adjacent to an activating group) is 1. The van der Waals surface area contributed by atoms with E-state index in [0.29, 0.717) is 6.04 Å². The summed E-state index contributed by atoms with van der Waals surface area (Å²) in [7, 11) is 2.02. The van der Waals surface area contributed by atoms with Crippen molar-refractivity contribution in [2.24, 2.45) is 0 Å². The summed E-state index contributed by atoms with van der Waals surface area (Å²) < 4.78 is 0. The molecule has 0 radical (unpaired) electrons. The number of hydrogen-bond acceptors (Lipinski definition) is 2. The summed E-state index contributed by atoms with van der Waals surface area (Å²) in [5.74, 6) is 0. The van der Waals surface area contributed by atoms with E-state index in [1.165, 1.54) is 11.1 Å². The van der Waals surface area contributed by atoms with Gasteiger partial charge in [-0.3, -0.25) is 0 Å². The lowest BCUT2D eigenvalue weighted by Crippen LogP contribution is -2.26. The molecule has 2 heteroatoms. The first-order valence-corrected chi connectivity index (χ1v) is 7.19. The van der Waals surface area contributed by atoms with Crippen molar-refractivity contribution in [2.75, 3.05) is 13.6 Å². The minimum absolute atomic E-state index is 0.254. The highest BCUT2D eigenvalue weighted by Crippen LogP contribution is 2.43. The highest BCUT2D eigenvalue weighted by atomic mass is 15.2. The number of nitrogens with one attached hydrogen (secondary N) is 2. The highest BCUT2D eigenvalue weighted by molar-refractivity contribution is 5.52. The monoisotopic (exact) mass is 250 g/mol. The maximum atomic E-state index is 3.92. The molecule has 2 aliphatic rings. The summed E-state index contributed by atoms with van der Waals surface area (Å²) in [5.41, 5.74) is 3.04. The Bertz CT molecular complexity index is 309. The molecule has 0 aromatic heterocycles. The van der Waals surface area contributed by atoms with Crippen LogP contribution in [0.1, 0.15) is 41.0 Å². The van der Waals surface area contributed by atoms with Gasteiger partial charge in [-0.15, -0.1) is 0 Å². The molecular formula is C16H30N2. The van der Waals surface area contributed by atoms with Crippen molar-refractivity contribution < 1.29 is 0 Å². The van der Waals surface area contributed by atoms with E-state index in [1.807, 2.05) is 40.8 Å². The zero-order chi connectivity index (χ0) is 14.2. The SMILES string of the molecule is C=CC1=C(/C=C\C)C(NC)CC12CN2.CC.CC. The van der Waals surface area contributed by atoms with Crippen LogP contribution in [0.25, 0.3) is 0 Å². The van der Waals surface area contributed by atoms with E-state index in [-0.39, 0.29) is 5.54 Å². The molecule has 1 heterocycles. The topological polar surface area (TPSA) is 34.0 Å². The first-order chi connectivity index (χ1) is 8.77. The zero-order valence-electron chi connectivity index (χ0n) is 12.9. The van der Waals surface area contributed by atoms with Crippen molar-refractivity contribution in [3.63, 3.8) is 0 Å². The molecular weight excluding hydrogens is 220 g/mol. The smallest absolute Gasteiger partial charge is 0.0583 e. The Labute approximate surface area is 113 Å². The summed E-state index contributed by atoms with van der Waals surface area (Å²) in [5, 5.41) is 6.82. The molecule has 1 spiro atoms. The maximum Gasteiger partial charge on any atom is 0.0583 e. The highest BCUT2D eigenvalue weighted by Gasteiger charge is 2.51. The zero-order valence-corrected chi connectivity index (χ0v) is 12.9. The van der Waals surface area contributed by atoms with Crippen LogP contribution >= 0.6 is 0 Å². The predicted octanol–water partition coefficient (Wildman–Crippen LogP) is 3.43. The molecule has 1 saturated heterocycles. The summed E-state index contributed by atoms with van der Waals surface area (Å²) in [4.78, 5) is 0. The minimum Gasteiger partial charge on any atom is -0.313 e. The maximum absolute atomic E-state index is 3.92. The van der Waals surface area contributed by atoms with Crippen LogP contribution in [-0.4, -0.2) is 25.2 Å². The summed E-state index contributed by atoms with van der Waals surface area (Å²) >= 11 is 0. The Morgan fingerprint density at radius 2 is 1.89 bits per heavy atom. The first kappa shape index (κ1) is 17.1. The Hall–Kier alpha value is -0.860. The molecule has 0 bridgehead atoms. The van der Waals surface area contributed by atoms with E-state index in [1.54, 1.807) is 0 Å². The van der Waals surface area contributed by atoms with Gasteiger partial charge in [-0.25, -0.2) is 0 Å². The van der Waals surface area contributed by atoms with Gasteiger partial charge in [0.2, 0.25) is 0 Å². The molecule has 2 rings (SSSR count). The van der Waals surface area contributed by atoms with Crippen LogP contribution in [0.3, 0.4) is 0 Å². The number of allylic oxidation sites excluding steroid dienone is 1. The third kappa shape index (κ3) is 3.33. The van der Waals surface area contributed by atoms with Crippen molar-refractivity contribution in [1.29, 1.82) is 0 Å². The van der Waals surface area contributed by atoms with Crippen molar-refractivity contribution in [3.05, 3.63) is 36.0 Å². The fourth-order valence-electron chi connectivity index (χ4n) is 2.43. The first-order valence-electron chi connectivity index (χ1n) is 7.19. The van der Waals surface area contributed by atoms with Gasteiger partial charge >= 0.3 is 0 Å². The van der Waals surface area contributed by atoms with Crippen molar-refractivity contribution in [2.45, 2.75) is 52.6 Å². The quantitative estimate of drug-likeness (QED) is 0.753. The van der Waals surface area contributed by atoms with E-state index in [9.17, 15) is 0 Å². The molecule has 2 nitrogen and oxygen atoms in total. The molecule has 104 valence electrons. The molecule has 1 aliphatic carbocycles. The molecule has 2 N–H and O–H groups in total. The fraction of sp³-hybridized carbons (Fsp3) is 0.625. The lowest BCUT2D eigenvalue weighted by Gasteiger charge is -2.10. The van der Waals surface area contributed by atoms with Gasteiger partial charge < -0.3 is 10.6 Å². The molecule has 0 aromatic carbocycles. The van der Waals surface area contributed by atoms with E-state index in [2.05, 4.69) is 36.3 Å². The van der Waals surface area contributed by atoms with E-state index < -0.39 is 0 Å². The van der Waals surface area contributed by atoms with Gasteiger partial charge in [-0.2, -0.15) is 0 Å². The van der Waals surface area contributed by atoms with Gasteiger partial charge in [-0.1, -0.05) is 52.5 Å². The largest absolute Gasteiger partial charge is 0.313 e. The molecule has 1 aliphatic heterocycles. The molecule has 1 fully saturated rings. The van der Waals surface area contributed by atoms with Crippen LogP contribution in [0.4, 0.5) is 0 Å². The summed E-state index contributed by atoms with van der Waals surface area (Å²) in [6.07, 6.45) is 7.47. The van der Waals surface area contributed by atoms with Gasteiger partial charge in [0.1, 0.15) is 0 Å². The van der Waals surface area contributed by atoms with Crippen LogP contribution in [0.5, 0.6) is 0 Å².